The molecule has 1 atom stereocenters. The number of nitrogens with two attached hydrogens (primary N) is 1. The van der Waals surface area contributed by atoms with E-state index in [-0.39, 0.29) is 24.4 Å². The second-order valence-corrected chi connectivity index (χ2v) is 7.89. The fourth-order valence-electron chi connectivity index (χ4n) is 3.56. The Balaban J connectivity index is 1.88. The third kappa shape index (κ3) is 4.79. The maximum absolute atomic E-state index is 13.1. The average Bonchev–Trinajstić information content (AvgIpc) is 3.15. The van der Waals surface area contributed by atoms with Crippen molar-refractivity contribution in [3.8, 4) is 11.3 Å². The number of amides is 2. The highest BCUT2D eigenvalue weighted by Crippen LogP contribution is 2.29. The third-order valence-electron chi connectivity index (χ3n) is 5.27. The van der Waals surface area contributed by atoms with Crippen molar-refractivity contribution in [2.24, 2.45) is 5.73 Å². The van der Waals surface area contributed by atoms with E-state index in [9.17, 15) is 9.59 Å². The molecule has 3 rings (SSSR count). The van der Waals surface area contributed by atoms with E-state index in [1.807, 2.05) is 35.0 Å². The maximum atomic E-state index is 13.1. The van der Waals surface area contributed by atoms with Crippen molar-refractivity contribution in [2.45, 2.75) is 32.2 Å². The lowest BCUT2D eigenvalue weighted by Crippen LogP contribution is -2.48. The Bertz CT molecular complexity index is 864. The predicted octanol–water partition coefficient (Wildman–Crippen LogP) is 2.81. The maximum Gasteiger partial charge on any atom is 0.272 e. The van der Waals surface area contributed by atoms with Crippen LogP contribution in [0.2, 0.25) is 5.02 Å². The van der Waals surface area contributed by atoms with E-state index in [4.69, 9.17) is 22.4 Å². The number of hydrogen-bond donors (Lipinski definition) is 1. The average molecular weight is 418 g/mol. The van der Waals surface area contributed by atoms with Gasteiger partial charge in [-0.15, -0.1) is 0 Å². The molecule has 156 valence electrons. The molecule has 1 aromatic carbocycles. The van der Waals surface area contributed by atoms with E-state index in [0.717, 1.165) is 30.5 Å². The zero-order valence-electron chi connectivity index (χ0n) is 17.0. The summed E-state index contributed by atoms with van der Waals surface area (Å²) in [6, 6.07) is 9.27. The molecular weight excluding hydrogens is 390 g/mol. The zero-order chi connectivity index (χ0) is 21.0. The van der Waals surface area contributed by atoms with Crippen molar-refractivity contribution in [1.82, 2.24) is 19.6 Å². The monoisotopic (exact) mass is 417 g/mol. The second kappa shape index (κ2) is 9.41. The largest absolute Gasteiger partial charge is 0.343 e. The van der Waals surface area contributed by atoms with Gasteiger partial charge in [0, 0.05) is 37.3 Å². The highest BCUT2D eigenvalue weighted by Gasteiger charge is 2.34. The Labute approximate surface area is 176 Å². The molecule has 2 N–H and O–H groups in total. The number of fused-ring (bicyclic) bond motifs is 1. The molecule has 1 aliphatic heterocycles. The van der Waals surface area contributed by atoms with Crippen LogP contribution in [0.15, 0.2) is 30.3 Å². The minimum atomic E-state index is -0.167. The van der Waals surface area contributed by atoms with Gasteiger partial charge in [0.2, 0.25) is 5.91 Å². The van der Waals surface area contributed by atoms with Crippen LogP contribution in [0.3, 0.4) is 0 Å². The number of hydrogen-bond acceptors (Lipinski definition) is 4. The predicted molar refractivity (Wildman–Crippen MR) is 114 cm³/mol. The minimum Gasteiger partial charge on any atom is -0.343 e. The first-order chi connectivity index (χ1) is 13.9. The first kappa shape index (κ1) is 21.3. The van der Waals surface area contributed by atoms with Gasteiger partial charge in [0.25, 0.3) is 5.91 Å². The van der Waals surface area contributed by atoms with E-state index >= 15 is 0 Å². The molecule has 0 fully saturated rings. The molecule has 29 heavy (non-hydrogen) atoms. The van der Waals surface area contributed by atoms with Gasteiger partial charge in [0.05, 0.1) is 11.7 Å². The zero-order valence-corrected chi connectivity index (χ0v) is 17.7. The molecule has 8 heteroatoms. The van der Waals surface area contributed by atoms with Crippen LogP contribution in [-0.4, -0.2) is 64.6 Å². The number of carbonyl (C=O) groups excluding carboxylic acids is 2. The van der Waals surface area contributed by atoms with Crippen molar-refractivity contribution in [3.05, 3.63) is 41.0 Å². The summed E-state index contributed by atoms with van der Waals surface area (Å²) in [5, 5.41) is 5.38. The summed E-state index contributed by atoms with van der Waals surface area (Å²) in [5.41, 5.74) is 7.71. The first-order valence-electron chi connectivity index (χ1n) is 10.0. The van der Waals surface area contributed by atoms with E-state index in [2.05, 4.69) is 6.92 Å². The summed E-state index contributed by atoms with van der Waals surface area (Å²) in [7, 11) is 1.71. The van der Waals surface area contributed by atoms with Crippen LogP contribution in [0.25, 0.3) is 11.3 Å². The summed E-state index contributed by atoms with van der Waals surface area (Å²) in [6.45, 7) is 3.54. The number of carbonyl (C=O) groups is 2. The SMILES string of the molecule is CCCCC1CN(CC(=O)N(C)CCN)C(=O)c2cc(-c3ccc(Cl)cc3)nn21. The molecule has 0 radical (unpaired) electrons. The molecule has 7 nitrogen and oxygen atoms in total. The lowest BCUT2D eigenvalue weighted by Gasteiger charge is -2.34. The summed E-state index contributed by atoms with van der Waals surface area (Å²) >= 11 is 5.99. The van der Waals surface area contributed by atoms with Gasteiger partial charge in [-0.05, 0) is 24.6 Å². The molecule has 0 spiro atoms. The fraction of sp³-hybridized carbons (Fsp3) is 0.476. The van der Waals surface area contributed by atoms with Crippen LogP contribution < -0.4 is 5.73 Å². The van der Waals surface area contributed by atoms with Gasteiger partial charge in [-0.1, -0.05) is 43.5 Å². The quantitative estimate of drug-likeness (QED) is 0.715. The molecule has 0 saturated heterocycles. The third-order valence-corrected chi connectivity index (χ3v) is 5.52. The number of aromatic nitrogens is 2. The Hall–Kier alpha value is -2.38. The summed E-state index contributed by atoms with van der Waals surface area (Å²) in [5.74, 6) is -0.274. The van der Waals surface area contributed by atoms with Crippen molar-refractivity contribution in [2.75, 3.05) is 33.2 Å². The topological polar surface area (TPSA) is 84.5 Å². The first-order valence-corrected chi connectivity index (χ1v) is 10.4. The van der Waals surface area contributed by atoms with E-state index in [1.165, 1.54) is 0 Å². The summed E-state index contributed by atoms with van der Waals surface area (Å²) in [6.07, 6.45) is 2.99. The lowest BCUT2D eigenvalue weighted by atomic mass is 10.1. The van der Waals surface area contributed by atoms with Crippen LogP contribution in [0.1, 0.15) is 42.7 Å². The second-order valence-electron chi connectivity index (χ2n) is 7.45. The molecule has 1 aliphatic rings. The molecule has 2 heterocycles. The fourth-order valence-corrected chi connectivity index (χ4v) is 3.69. The highest BCUT2D eigenvalue weighted by molar-refractivity contribution is 6.30. The Morgan fingerprint density at radius 2 is 2.07 bits per heavy atom. The molecular formula is C21H28ClN5O2. The number of nitrogens with zero attached hydrogens (tertiary/aromatic N) is 4. The van der Waals surface area contributed by atoms with Crippen molar-refractivity contribution in [1.29, 1.82) is 0 Å². The van der Waals surface area contributed by atoms with Gasteiger partial charge in [0.1, 0.15) is 12.2 Å². The molecule has 0 aliphatic carbocycles. The number of unbranched alkanes of at least 4 members (excludes halogenated alkanes) is 1. The van der Waals surface area contributed by atoms with Crippen molar-refractivity contribution < 1.29 is 9.59 Å². The Morgan fingerprint density at radius 1 is 1.34 bits per heavy atom. The number of likely N-dealkylation sites (N-methyl/N-ethyl adjacent to an activating group) is 1. The van der Waals surface area contributed by atoms with Gasteiger partial charge in [-0.2, -0.15) is 5.10 Å². The lowest BCUT2D eigenvalue weighted by molar-refractivity contribution is -0.130. The number of rotatable bonds is 8. The van der Waals surface area contributed by atoms with Gasteiger partial charge in [-0.25, -0.2) is 0 Å². The summed E-state index contributed by atoms with van der Waals surface area (Å²) < 4.78 is 1.84. The normalized spacial score (nSPS) is 16.1. The number of benzene rings is 1. The van der Waals surface area contributed by atoms with Crippen LogP contribution in [0.4, 0.5) is 0 Å². The van der Waals surface area contributed by atoms with Crippen LogP contribution in [-0.2, 0) is 4.79 Å². The molecule has 0 saturated carbocycles. The van der Waals surface area contributed by atoms with Gasteiger partial charge < -0.3 is 15.5 Å². The molecule has 1 unspecified atom stereocenters. The summed E-state index contributed by atoms with van der Waals surface area (Å²) in [4.78, 5) is 28.8. The molecule has 1 aromatic heterocycles. The van der Waals surface area contributed by atoms with E-state index in [0.29, 0.717) is 30.4 Å². The van der Waals surface area contributed by atoms with Crippen molar-refractivity contribution >= 4 is 23.4 Å². The number of halogens is 1. The van der Waals surface area contributed by atoms with Gasteiger partial charge in [0.15, 0.2) is 0 Å². The van der Waals surface area contributed by atoms with Gasteiger partial charge in [-0.3, -0.25) is 14.3 Å². The Kier molecular flexibility index (Phi) is 6.92. The smallest absolute Gasteiger partial charge is 0.272 e. The minimum absolute atomic E-state index is 0.0521. The Morgan fingerprint density at radius 3 is 2.72 bits per heavy atom. The van der Waals surface area contributed by atoms with Gasteiger partial charge >= 0.3 is 0 Å². The standard InChI is InChI=1S/C21H28ClN5O2/c1-3-4-5-17-13-26(14-20(28)25(2)11-10-23)21(29)19-12-18(24-27(17)19)15-6-8-16(22)9-7-15/h6-9,12,17H,3-5,10-11,13-14,23H2,1-2H3. The highest BCUT2D eigenvalue weighted by atomic mass is 35.5. The van der Waals surface area contributed by atoms with Crippen LogP contribution >= 0.6 is 11.6 Å². The van der Waals surface area contributed by atoms with Crippen LogP contribution in [0.5, 0.6) is 0 Å². The molecule has 0 bridgehead atoms. The molecule has 2 amide bonds. The van der Waals surface area contributed by atoms with Crippen LogP contribution in [0, 0.1) is 0 Å². The van der Waals surface area contributed by atoms with E-state index in [1.54, 1.807) is 16.8 Å². The molecule has 2 aromatic rings. The van der Waals surface area contributed by atoms with E-state index < -0.39 is 0 Å². The van der Waals surface area contributed by atoms with Crippen molar-refractivity contribution in [3.63, 3.8) is 0 Å².